The maximum Gasteiger partial charge on any atom is 0.339 e. The van der Waals surface area contributed by atoms with E-state index in [1.165, 1.54) is 24.3 Å². The number of ether oxygens (including phenoxy) is 1. The third kappa shape index (κ3) is 6.06. The summed E-state index contributed by atoms with van der Waals surface area (Å²) in [5.41, 5.74) is -0.159. The van der Waals surface area contributed by atoms with Crippen molar-refractivity contribution in [2.45, 2.75) is 43.5 Å². The first kappa shape index (κ1) is 20.9. The van der Waals surface area contributed by atoms with Gasteiger partial charge < -0.3 is 10.1 Å². The molecule has 2 N–H and O–H groups in total. The molecule has 3 amide bonds. The minimum atomic E-state index is -3.62. The van der Waals surface area contributed by atoms with E-state index in [2.05, 4.69) is 10.6 Å². The van der Waals surface area contributed by atoms with Crippen LogP contribution < -0.4 is 10.6 Å². The molecule has 1 saturated carbocycles. The van der Waals surface area contributed by atoms with Gasteiger partial charge in [-0.1, -0.05) is 31.9 Å². The SMILES string of the molecule is C[C@@H]1CCCC[C@@H]1NC(=O)NC(=O)COC(=O)c1ccccc1S(C)(=O)=O. The number of hydrogen-bond donors (Lipinski definition) is 2. The summed E-state index contributed by atoms with van der Waals surface area (Å²) in [5, 5.41) is 4.87. The summed E-state index contributed by atoms with van der Waals surface area (Å²) < 4.78 is 28.3. The molecule has 0 saturated heterocycles. The number of imide groups is 1. The summed E-state index contributed by atoms with van der Waals surface area (Å²) in [6, 6.07) is 4.93. The highest BCUT2D eigenvalue weighted by Crippen LogP contribution is 2.23. The predicted octanol–water partition coefficient (Wildman–Crippen LogP) is 1.65. The van der Waals surface area contributed by atoms with Gasteiger partial charge >= 0.3 is 12.0 Å². The number of hydrogen-bond acceptors (Lipinski definition) is 6. The molecule has 0 spiro atoms. The highest BCUT2D eigenvalue weighted by atomic mass is 32.2. The van der Waals surface area contributed by atoms with Crippen molar-refractivity contribution < 1.29 is 27.5 Å². The quantitative estimate of drug-likeness (QED) is 0.731. The Balaban J connectivity index is 1.87. The maximum absolute atomic E-state index is 12.1. The van der Waals surface area contributed by atoms with Crippen LogP contribution in [0.4, 0.5) is 4.79 Å². The van der Waals surface area contributed by atoms with Crippen molar-refractivity contribution in [1.29, 1.82) is 0 Å². The fourth-order valence-corrected chi connectivity index (χ4v) is 3.94. The average molecular weight is 396 g/mol. The van der Waals surface area contributed by atoms with Gasteiger partial charge in [-0.2, -0.15) is 0 Å². The van der Waals surface area contributed by atoms with Crippen molar-refractivity contribution in [2.24, 2.45) is 5.92 Å². The number of rotatable bonds is 5. The largest absolute Gasteiger partial charge is 0.452 e. The first-order valence-electron chi connectivity index (χ1n) is 8.75. The van der Waals surface area contributed by atoms with E-state index < -0.39 is 34.4 Å². The Kier molecular flexibility index (Phi) is 6.95. The van der Waals surface area contributed by atoms with E-state index in [1.54, 1.807) is 0 Å². The summed E-state index contributed by atoms with van der Waals surface area (Å²) in [5.74, 6) is -1.40. The predicted molar refractivity (Wildman–Crippen MR) is 97.9 cm³/mol. The van der Waals surface area contributed by atoms with Crippen LogP contribution in [0.2, 0.25) is 0 Å². The van der Waals surface area contributed by atoms with Crippen LogP contribution in [0.15, 0.2) is 29.2 Å². The van der Waals surface area contributed by atoms with Gasteiger partial charge in [0.05, 0.1) is 10.5 Å². The van der Waals surface area contributed by atoms with E-state index >= 15 is 0 Å². The molecule has 0 heterocycles. The van der Waals surface area contributed by atoms with Gasteiger partial charge in [0.2, 0.25) is 0 Å². The molecule has 0 unspecified atom stereocenters. The van der Waals surface area contributed by atoms with Gasteiger partial charge in [-0.05, 0) is 30.9 Å². The Hall–Kier alpha value is -2.42. The number of nitrogens with one attached hydrogen (secondary N) is 2. The lowest BCUT2D eigenvalue weighted by atomic mass is 9.86. The number of sulfone groups is 1. The van der Waals surface area contributed by atoms with Crippen LogP contribution in [0, 0.1) is 5.92 Å². The Morgan fingerprint density at radius 3 is 2.48 bits per heavy atom. The van der Waals surface area contributed by atoms with Crippen molar-refractivity contribution in [2.75, 3.05) is 12.9 Å². The lowest BCUT2D eigenvalue weighted by molar-refractivity contribution is -0.123. The van der Waals surface area contributed by atoms with Gasteiger partial charge in [-0.15, -0.1) is 0 Å². The summed E-state index contributed by atoms with van der Waals surface area (Å²) >= 11 is 0. The van der Waals surface area contributed by atoms with E-state index in [-0.39, 0.29) is 16.5 Å². The van der Waals surface area contributed by atoms with Gasteiger partial charge in [0, 0.05) is 12.3 Å². The van der Waals surface area contributed by atoms with Gasteiger partial charge in [0.15, 0.2) is 16.4 Å². The number of urea groups is 1. The monoisotopic (exact) mass is 396 g/mol. The fourth-order valence-electron chi connectivity index (χ4n) is 3.07. The van der Waals surface area contributed by atoms with Gasteiger partial charge in [-0.3, -0.25) is 10.1 Å². The Labute approximate surface area is 158 Å². The third-order valence-electron chi connectivity index (χ3n) is 4.52. The van der Waals surface area contributed by atoms with Crippen molar-refractivity contribution in [1.82, 2.24) is 10.6 Å². The maximum atomic E-state index is 12.1. The second-order valence-electron chi connectivity index (χ2n) is 6.73. The molecule has 9 heteroatoms. The van der Waals surface area contributed by atoms with Crippen LogP contribution in [0.5, 0.6) is 0 Å². The second-order valence-corrected chi connectivity index (χ2v) is 8.72. The molecule has 1 aromatic rings. The van der Waals surface area contributed by atoms with Gasteiger partial charge in [0.1, 0.15) is 0 Å². The lowest BCUT2D eigenvalue weighted by Crippen LogP contribution is -2.48. The zero-order valence-electron chi connectivity index (χ0n) is 15.4. The van der Waals surface area contributed by atoms with Crippen LogP contribution >= 0.6 is 0 Å². The van der Waals surface area contributed by atoms with Crippen molar-refractivity contribution in [3.63, 3.8) is 0 Å². The van der Waals surface area contributed by atoms with Gasteiger partial charge in [0.25, 0.3) is 5.91 Å². The molecule has 0 bridgehead atoms. The molecule has 1 fully saturated rings. The molecule has 0 radical (unpaired) electrons. The Morgan fingerprint density at radius 2 is 1.81 bits per heavy atom. The van der Waals surface area contributed by atoms with Crippen molar-refractivity contribution in [3.8, 4) is 0 Å². The molecule has 2 rings (SSSR count). The Bertz CT molecular complexity index is 821. The zero-order chi connectivity index (χ0) is 20.0. The third-order valence-corrected chi connectivity index (χ3v) is 5.68. The minimum Gasteiger partial charge on any atom is -0.452 e. The molecule has 8 nitrogen and oxygen atoms in total. The van der Waals surface area contributed by atoms with E-state index in [9.17, 15) is 22.8 Å². The molecular formula is C18H24N2O6S. The molecule has 148 valence electrons. The highest BCUT2D eigenvalue weighted by Gasteiger charge is 2.24. The fraction of sp³-hybridized carbons (Fsp3) is 0.500. The van der Waals surface area contributed by atoms with Crippen LogP contribution in [0.3, 0.4) is 0 Å². The zero-order valence-corrected chi connectivity index (χ0v) is 16.2. The summed E-state index contributed by atoms with van der Waals surface area (Å²) in [6.07, 6.45) is 5.02. The summed E-state index contributed by atoms with van der Waals surface area (Å²) in [4.78, 5) is 35.6. The topological polar surface area (TPSA) is 119 Å². The molecule has 2 atom stereocenters. The number of amides is 3. The van der Waals surface area contributed by atoms with Crippen LogP contribution in [0.25, 0.3) is 0 Å². The van der Waals surface area contributed by atoms with Crippen molar-refractivity contribution in [3.05, 3.63) is 29.8 Å². The standard InChI is InChI=1S/C18H24N2O6S/c1-12-7-3-5-9-14(12)19-18(23)20-16(21)11-26-17(22)13-8-4-6-10-15(13)27(2,24)25/h4,6,8,10,12,14H,3,5,7,9,11H2,1-2H3,(H2,19,20,21,23)/t12-,14+/m1/s1. The highest BCUT2D eigenvalue weighted by molar-refractivity contribution is 7.90. The number of esters is 1. The molecule has 1 aromatic carbocycles. The summed E-state index contributed by atoms with van der Waals surface area (Å²) in [7, 11) is -3.62. The van der Waals surface area contributed by atoms with Crippen LogP contribution in [-0.4, -0.2) is 45.2 Å². The second kappa shape index (κ2) is 8.98. The van der Waals surface area contributed by atoms with Crippen LogP contribution in [-0.2, 0) is 19.4 Å². The molecule has 27 heavy (non-hydrogen) atoms. The summed E-state index contributed by atoms with van der Waals surface area (Å²) in [6.45, 7) is 1.36. The molecule has 1 aliphatic rings. The lowest BCUT2D eigenvalue weighted by Gasteiger charge is -2.29. The van der Waals surface area contributed by atoms with Crippen molar-refractivity contribution >= 4 is 27.7 Å². The van der Waals surface area contributed by atoms with E-state index in [0.29, 0.717) is 5.92 Å². The van der Waals surface area contributed by atoms with E-state index in [1.807, 2.05) is 6.92 Å². The molecule has 0 aromatic heterocycles. The Morgan fingerprint density at radius 1 is 1.15 bits per heavy atom. The smallest absolute Gasteiger partial charge is 0.339 e. The first-order valence-corrected chi connectivity index (χ1v) is 10.6. The minimum absolute atomic E-state index is 0.00994. The number of carbonyl (C=O) groups is 3. The van der Waals surface area contributed by atoms with Gasteiger partial charge in [-0.25, -0.2) is 18.0 Å². The average Bonchev–Trinajstić information content (AvgIpc) is 2.61. The van der Waals surface area contributed by atoms with Crippen LogP contribution in [0.1, 0.15) is 43.0 Å². The molecule has 1 aliphatic carbocycles. The first-order chi connectivity index (χ1) is 12.7. The number of carbonyl (C=O) groups excluding carboxylic acids is 3. The van der Waals surface area contributed by atoms with E-state index in [4.69, 9.17) is 4.74 Å². The van der Waals surface area contributed by atoms with E-state index in [0.717, 1.165) is 31.9 Å². The molecular weight excluding hydrogens is 372 g/mol. The molecule has 0 aliphatic heterocycles. The normalized spacial score (nSPS) is 19.8. The number of benzene rings is 1.